The quantitative estimate of drug-likeness (QED) is 0.559. The van der Waals surface area contributed by atoms with Crippen molar-refractivity contribution in [2.45, 2.75) is 51.2 Å². The van der Waals surface area contributed by atoms with Crippen LogP contribution in [0.3, 0.4) is 0 Å². The summed E-state index contributed by atoms with van der Waals surface area (Å²) in [4.78, 5) is 0. The summed E-state index contributed by atoms with van der Waals surface area (Å²) in [6.45, 7) is 5.92. The minimum atomic E-state index is 0.190. The molecule has 21 heavy (non-hydrogen) atoms. The van der Waals surface area contributed by atoms with Crippen molar-refractivity contribution in [1.82, 2.24) is 0 Å². The Hall–Kier alpha value is -0.200. The number of nitrogens with two attached hydrogens (primary N) is 1. The Kier molecular flexibility index (Phi) is 11.1. The zero-order chi connectivity index (χ0) is 15.3. The van der Waals surface area contributed by atoms with Crippen molar-refractivity contribution in [3.63, 3.8) is 0 Å². The topological polar surface area (TPSA) is 62.9 Å². The van der Waals surface area contributed by atoms with E-state index in [9.17, 15) is 0 Å². The van der Waals surface area contributed by atoms with Crippen LogP contribution >= 0.6 is 0 Å². The molecular formula is C16H33NO4. The molecule has 0 spiro atoms. The molecule has 2 N–H and O–H groups in total. The van der Waals surface area contributed by atoms with Crippen LogP contribution in [-0.2, 0) is 18.9 Å². The lowest BCUT2D eigenvalue weighted by molar-refractivity contribution is -0.0394. The number of ether oxygens (including phenoxy) is 4. The van der Waals surface area contributed by atoms with Gasteiger partial charge in [-0.2, -0.15) is 0 Å². The number of hydrogen-bond donors (Lipinski definition) is 1. The molecule has 0 aromatic rings. The molecule has 1 aliphatic rings. The monoisotopic (exact) mass is 303 g/mol. The van der Waals surface area contributed by atoms with Crippen LogP contribution < -0.4 is 5.73 Å². The number of hydrogen-bond acceptors (Lipinski definition) is 5. The van der Waals surface area contributed by atoms with E-state index in [1.54, 1.807) is 7.11 Å². The molecule has 0 radical (unpaired) electrons. The highest BCUT2D eigenvalue weighted by atomic mass is 16.6. The molecule has 0 saturated heterocycles. The van der Waals surface area contributed by atoms with Gasteiger partial charge in [-0.1, -0.05) is 19.8 Å². The molecular weight excluding hydrogens is 270 g/mol. The van der Waals surface area contributed by atoms with Gasteiger partial charge in [0.05, 0.1) is 45.7 Å². The lowest BCUT2D eigenvalue weighted by Gasteiger charge is -2.34. The minimum absolute atomic E-state index is 0.190. The molecule has 1 aliphatic carbocycles. The van der Waals surface area contributed by atoms with Crippen molar-refractivity contribution in [3.8, 4) is 0 Å². The first-order chi connectivity index (χ1) is 10.3. The van der Waals surface area contributed by atoms with E-state index in [0.717, 1.165) is 18.8 Å². The van der Waals surface area contributed by atoms with Crippen molar-refractivity contribution in [2.24, 2.45) is 11.7 Å². The van der Waals surface area contributed by atoms with Crippen molar-refractivity contribution >= 4 is 0 Å². The Morgan fingerprint density at radius 3 is 2.29 bits per heavy atom. The molecule has 5 nitrogen and oxygen atoms in total. The van der Waals surface area contributed by atoms with Crippen LogP contribution in [0.4, 0.5) is 0 Å². The Morgan fingerprint density at radius 2 is 1.62 bits per heavy atom. The smallest absolute Gasteiger partial charge is 0.0729 e. The molecule has 0 aromatic heterocycles. The van der Waals surface area contributed by atoms with Crippen molar-refractivity contribution in [1.29, 1.82) is 0 Å². The second kappa shape index (κ2) is 12.4. The highest BCUT2D eigenvalue weighted by Gasteiger charge is 2.28. The molecule has 1 saturated carbocycles. The molecule has 0 amide bonds. The van der Waals surface area contributed by atoms with Gasteiger partial charge in [0.25, 0.3) is 0 Å². The fourth-order valence-corrected chi connectivity index (χ4v) is 2.82. The zero-order valence-electron chi connectivity index (χ0n) is 13.7. The van der Waals surface area contributed by atoms with Gasteiger partial charge in [-0.3, -0.25) is 0 Å². The van der Waals surface area contributed by atoms with Crippen LogP contribution in [0.25, 0.3) is 0 Å². The maximum absolute atomic E-state index is 6.15. The molecule has 1 fully saturated rings. The summed E-state index contributed by atoms with van der Waals surface area (Å²) in [5.74, 6) is 0.787. The van der Waals surface area contributed by atoms with Gasteiger partial charge >= 0.3 is 0 Å². The average molecular weight is 303 g/mol. The summed E-state index contributed by atoms with van der Waals surface area (Å²) in [5, 5.41) is 0. The third-order valence-electron chi connectivity index (χ3n) is 4.01. The normalized spacial score (nSPS) is 26.1. The first-order valence-electron chi connectivity index (χ1n) is 8.29. The predicted molar refractivity (Wildman–Crippen MR) is 83.5 cm³/mol. The zero-order valence-corrected chi connectivity index (χ0v) is 13.7. The Morgan fingerprint density at radius 1 is 0.952 bits per heavy atom. The highest BCUT2D eigenvalue weighted by Crippen LogP contribution is 2.28. The van der Waals surface area contributed by atoms with E-state index in [4.69, 9.17) is 24.7 Å². The van der Waals surface area contributed by atoms with E-state index in [-0.39, 0.29) is 12.1 Å². The molecule has 0 aliphatic heterocycles. The van der Waals surface area contributed by atoms with Gasteiger partial charge in [0.2, 0.25) is 0 Å². The Balaban J connectivity index is 1.98. The standard InChI is InChI=1S/C16H33NO4/c1-3-4-14-5-6-15(17)16(13-14)21-12-11-20-10-9-19-8-7-18-2/h14-16H,3-13,17H2,1-2H3. The molecule has 1 rings (SSSR count). The Labute approximate surface area is 129 Å². The molecule has 3 atom stereocenters. The summed E-state index contributed by atoms with van der Waals surface area (Å²) < 4.78 is 21.6. The summed E-state index contributed by atoms with van der Waals surface area (Å²) >= 11 is 0. The molecule has 5 heteroatoms. The number of rotatable bonds is 12. The van der Waals surface area contributed by atoms with Crippen LogP contribution in [0.15, 0.2) is 0 Å². The Bertz CT molecular complexity index is 240. The van der Waals surface area contributed by atoms with E-state index in [2.05, 4.69) is 6.92 Å². The second-order valence-corrected chi connectivity index (χ2v) is 5.76. The van der Waals surface area contributed by atoms with E-state index < -0.39 is 0 Å². The summed E-state index contributed by atoms with van der Waals surface area (Å²) in [6.07, 6.45) is 6.20. The summed E-state index contributed by atoms with van der Waals surface area (Å²) in [5.41, 5.74) is 6.15. The van der Waals surface area contributed by atoms with Crippen LogP contribution in [0.5, 0.6) is 0 Å². The van der Waals surface area contributed by atoms with Crippen LogP contribution in [-0.4, -0.2) is 58.9 Å². The van der Waals surface area contributed by atoms with Crippen molar-refractivity contribution in [3.05, 3.63) is 0 Å². The minimum Gasteiger partial charge on any atom is -0.382 e. The highest BCUT2D eigenvalue weighted by molar-refractivity contribution is 4.83. The van der Waals surface area contributed by atoms with Crippen LogP contribution in [0.2, 0.25) is 0 Å². The average Bonchev–Trinajstić information content (AvgIpc) is 2.49. The lowest BCUT2D eigenvalue weighted by atomic mass is 9.82. The summed E-state index contributed by atoms with van der Waals surface area (Å²) in [6, 6.07) is 0.190. The molecule has 0 aromatic carbocycles. The maximum atomic E-state index is 6.15. The van der Waals surface area contributed by atoms with Gasteiger partial charge in [0.1, 0.15) is 0 Å². The van der Waals surface area contributed by atoms with Gasteiger partial charge in [-0.05, 0) is 25.2 Å². The molecule has 3 unspecified atom stereocenters. The van der Waals surface area contributed by atoms with Gasteiger partial charge in [0, 0.05) is 13.2 Å². The maximum Gasteiger partial charge on any atom is 0.0729 e. The van der Waals surface area contributed by atoms with Crippen LogP contribution in [0, 0.1) is 5.92 Å². The van der Waals surface area contributed by atoms with E-state index in [0.29, 0.717) is 39.6 Å². The molecule has 0 bridgehead atoms. The third-order valence-corrected chi connectivity index (χ3v) is 4.01. The fourth-order valence-electron chi connectivity index (χ4n) is 2.82. The van der Waals surface area contributed by atoms with E-state index in [1.807, 2.05) is 0 Å². The van der Waals surface area contributed by atoms with Crippen molar-refractivity contribution < 1.29 is 18.9 Å². The van der Waals surface area contributed by atoms with Gasteiger partial charge in [0.15, 0.2) is 0 Å². The lowest BCUT2D eigenvalue weighted by Crippen LogP contribution is -2.42. The van der Waals surface area contributed by atoms with E-state index in [1.165, 1.54) is 19.3 Å². The first-order valence-corrected chi connectivity index (χ1v) is 8.29. The van der Waals surface area contributed by atoms with Gasteiger partial charge in [-0.25, -0.2) is 0 Å². The van der Waals surface area contributed by atoms with Crippen LogP contribution in [0.1, 0.15) is 39.0 Å². The second-order valence-electron chi connectivity index (χ2n) is 5.76. The number of methoxy groups -OCH3 is 1. The van der Waals surface area contributed by atoms with Gasteiger partial charge in [-0.15, -0.1) is 0 Å². The fraction of sp³-hybridized carbons (Fsp3) is 1.00. The molecule has 0 heterocycles. The van der Waals surface area contributed by atoms with Crippen molar-refractivity contribution in [2.75, 3.05) is 46.8 Å². The van der Waals surface area contributed by atoms with E-state index >= 15 is 0 Å². The largest absolute Gasteiger partial charge is 0.382 e. The summed E-state index contributed by atoms with van der Waals surface area (Å²) in [7, 11) is 1.66. The molecule has 126 valence electrons. The SMILES string of the molecule is CCCC1CCC(N)C(OCCOCCOCCOC)C1. The first kappa shape index (κ1) is 18.8. The van der Waals surface area contributed by atoms with Gasteiger partial charge < -0.3 is 24.7 Å². The third kappa shape index (κ3) is 8.73. The predicted octanol–water partition coefficient (Wildman–Crippen LogP) is 1.98.